The number of ether oxygens (including phenoxy) is 2. The summed E-state index contributed by atoms with van der Waals surface area (Å²) in [4.78, 5) is 0. The first kappa shape index (κ1) is 18.1. The van der Waals surface area contributed by atoms with Gasteiger partial charge >= 0.3 is 124 Å². The Balaban J connectivity index is 3.42. The molecule has 0 saturated heterocycles. The van der Waals surface area contributed by atoms with Crippen molar-refractivity contribution in [2.45, 2.75) is 61.0 Å². The Labute approximate surface area is 124 Å². The van der Waals surface area contributed by atoms with Crippen LogP contribution in [0.1, 0.15) is 27.7 Å². The van der Waals surface area contributed by atoms with Gasteiger partial charge in [0.1, 0.15) is 0 Å². The van der Waals surface area contributed by atoms with E-state index in [1.54, 1.807) is 0 Å². The minimum atomic E-state index is 0.300. The Morgan fingerprint density at radius 1 is 0.824 bits per heavy atom. The zero-order chi connectivity index (χ0) is 13.3. The number of thiol groups is 2. The van der Waals surface area contributed by atoms with Gasteiger partial charge in [-0.1, -0.05) is 0 Å². The van der Waals surface area contributed by atoms with Crippen LogP contribution in [0.25, 0.3) is 0 Å². The van der Waals surface area contributed by atoms with Crippen molar-refractivity contribution in [3.8, 4) is 0 Å². The van der Waals surface area contributed by atoms with E-state index in [0.717, 1.165) is 23.9 Å². The predicted octanol–water partition coefficient (Wildman–Crippen LogP) is 2.97. The van der Waals surface area contributed by atoms with Crippen molar-refractivity contribution in [3.05, 3.63) is 0 Å². The average molecular weight is 345 g/mol. The van der Waals surface area contributed by atoms with Crippen LogP contribution < -0.4 is 0 Å². The minimum absolute atomic E-state index is 0.300. The van der Waals surface area contributed by atoms with Gasteiger partial charge in [-0.2, -0.15) is 0 Å². The molecule has 104 valence electrons. The SMILES string of the molecule is CC(C)OCC(S)C[Se]CC(S)COC(C)C. The van der Waals surface area contributed by atoms with Crippen LogP contribution in [0.4, 0.5) is 0 Å². The van der Waals surface area contributed by atoms with Crippen molar-refractivity contribution >= 4 is 40.2 Å². The molecule has 2 atom stereocenters. The van der Waals surface area contributed by atoms with Crippen molar-refractivity contribution in [1.29, 1.82) is 0 Å². The molecule has 0 aromatic rings. The van der Waals surface area contributed by atoms with Crippen LogP contribution in [0, 0.1) is 0 Å². The summed E-state index contributed by atoms with van der Waals surface area (Å²) in [6.07, 6.45) is 0.600. The Hall–Kier alpha value is 1.14. The van der Waals surface area contributed by atoms with E-state index >= 15 is 0 Å². The summed E-state index contributed by atoms with van der Waals surface area (Å²) in [6, 6.07) is 0. The molecule has 0 spiro atoms. The van der Waals surface area contributed by atoms with E-state index < -0.39 is 0 Å². The molecule has 0 N–H and O–H groups in total. The van der Waals surface area contributed by atoms with Gasteiger partial charge < -0.3 is 0 Å². The van der Waals surface area contributed by atoms with Crippen LogP contribution in [0.5, 0.6) is 0 Å². The van der Waals surface area contributed by atoms with Gasteiger partial charge in [-0.05, 0) is 0 Å². The molecule has 2 unspecified atom stereocenters. The molecule has 0 aliphatic carbocycles. The third-order valence-corrected chi connectivity index (χ3v) is 6.32. The second-order valence-electron chi connectivity index (χ2n) is 4.61. The monoisotopic (exact) mass is 346 g/mol. The van der Waals surface area contributed by atoms with Crippen LogP contribution in [0.2, 0.25) is 10.6 Å². The first-order valence-electron chi connectivity index (χ1n) is 6.08. The second-order valence-corrected chi connectivity index (χ2v) is 8.33. The van der Waals surface area contributed by atoms with Crippen molar-refractivity contribution in [2.75, 3.05) is 13.2 Å². The second kappa shape index (κ2) is 11.0. The van der Waals surface area contributed by atoms with E-state index in [1.807, 2.05) is 0 Å². The molecule has 0 aromatic carbocycles. The average Bonchev–Trinajstić information content (AvgIpc) is 2.23. The molecule has 0 rings (SSSR count). The van der Waals surface area contributed by atoms with Crippen LogP contribution in [0.15, 0.2) is 0 Å². The summed E-state index contributed by atoms with van der Waals surface area (Å²) in [7, 11) is 0. The van der Waals surface area contributed by atoms with Gasteiger partial charge in [-0.25, -0.2) is 0 Å². The van der Waals surface area contributed by atoms with Crippen molar-refractivity contribution < 1.29 is 9.47 Å². The Morgan fingerprint density at radius 2 is 1.18 bits per heavy atom. The molecule has 0 heterocycles. The van der Waals surface area contributed by atoms with Crippen LogP contribution >= 0.6 is 25.3 Å². The van der Waals surface area contributed by atoms with Gasteiger partial charge in [0, 0.05) is 0 Å². The molecule has 0 aliphatic heterocycles. The number of rotatable bonds is 10. The molecular formula is C12H26O2S2Se. The zero-order valence-corrected chi connectivity index (χ0v) is 14.8. The quantitative estimate of drug-likeness (QED) is 0.468. The van der Waals surface area contributed by atoms with E-state index in [4.69, 9.17) is 9.47 Å². The number of hydrogen-bond donors (Lipinski definition) is 2. The molecule has 2 nitrogen and oxygen atoms in total. The van der Waals surface area contributed by atoms with Crippen LogP contribution in [-0.4, -0.2) is 50.9 Å². The maximum atomic E-state index is 5.53. The topological polar surface area (TPSA) is 18.5 Å². The van der Waals surface area contributed by atoms with Crippen molar-refractivity contribution in [3.63, 3.8) is 0 Å². The summed E-state index contributed by atoms with van der Waals surface area (Å²) in [6.45, 7) is 9.72. The summed E-state index contributed by atoms with van der Waals surface area (Å²) >= 11 is 9.64. The van der Waals surface area contributed by atoms with Gasteiger partial charge in [0.15, 0.2) is 0 Å². The van der Waals surface area contributed by atoms with Gasteiger partial charge in [0.25, 0.3) is 0 Å². The molecule has 5 heteroatoms. The molecule has 0 saturated carbocycles. The molecular weight excluding hydrogens is 319 g/mol. The van der Waals surface area contributed by atoms with Gasteiger partial charge in [0.2, 0.25) is 0 Å². The van der Waals surface area contributed by atoms with Crippen molar-refractivity contribution in [2.24, 2.45) is 0 Å². The molecule has 17 heavy (non-hydrogen) atoms. The summed E-state index contributed by atoms with van der Waals surface area (Å²) < 4.78 is 11.1. The van der Waals surface area contributed by atoms with Gasteiger partial charge in [-0.3, -0.25) is 0 Å². The Kier molecular flexibility index (Phi) is 11.7. The molecule has 0 amide bonds. The third-order valence-electron chi connectivity index (χ3n) is 1.86. The van der Waals surface area contributed by atoms with E-state index in [-0.39, 0.29) is 0 Å². The Morgan fingerprint density at radius 3 is 1.47 bits per heavy atom. The van der Waals surface area contributed by atoms with Gasteiger partial charge in [-0.15, -0.1) is 0 Å². The fourth-order valence-electron chi connectivity index (χ4n) is 1.04. The maximum absolute atomic E-state index is 5.53. The van der Waals surface area contributed by atoms with Crippen LogP contribution in [0.3, 0.4) is 0 Å². The number of hydrogen-bond acceptors (Lipinski definition) is 4. The summed E-state index contributed by atoms with van der Waals surface area (Å²) in [5.41, 5.74) is 0. The summed E-state index contributed by atoms with van der Waals surface area (Å²) in [5, 5.41) is 3.01. The van der Waals surface area contributed by atoms with E-state index in [1.165, 1.54) is 0 Å². The fraction of sp³-hybridized carbons (Fsp3) is 1.00. The van der Waals surface area contributed by atoms with E-state index in [2.05, 4.69) is 53.0 Å². The molecule has 0 aromatic heterocycles. The third kappa shape index (κ3) is 13.4. The van der Waals surface area contributed by atoms with E-state index in [0.29, 0.717) is 37.7 Å². The first-order chi connectivity index (χ1) is 7.91. The first-order valence-corrected chi connectivity index (χ1v) is 9.54. The predicted molar refractivity (Wildman–Crippen MR) is 83.1 cm³/mol. The van der Waals surface area contributed by atoms with E-state index in [9.17, 15) is 0 Å². The molecule has 0 aliphatic rings. The normalized spacial score (nSPS) is 15.5. The summed E-state index contributed by atoms with van der Waals surface area (Å²) in [5.74, 6) is 0. The van der Waals surface area contributed by atoms with Crippen LogP contribution in [-0.2, 0) is 9.47 Å². The Bertz CT molecular complexity index is 162. The zero-order valence-electron chi connectivity index (χ0n) is 11.3. The standard InChI is InChI=1S/C12H26O2S2Se/c1-9(2)13-5-11(15)7-17-8-12(16)6-14-10(3)4/h9-12,15-16H,5-8H2,1-4H3. The molecule has 0 radical (unpaired) electrons. The van der Waals surface area contributed by atoms with Gasteiger partial charge in [0.05, 0.1) is 0 Å². The van der Waals surface area contributed by atoms with Crippen molar-refractivity contribution in [1.82, 2.24) is 0 Å². The fourth-order valence-corrected chi connectivity index (χ4v) is 4.14. The molecule has 0 fully saturated rings. The molecule has 0 bridgehead atoms.